The van der Waals surface area contributed by atoms with Crippen LogP contribution in [0.4, 0.5) is 10.2 Å². The Bertz CT molecular complexity index is 1300. The molecule has 3 aromatic rings. The zero-order valence-electron chi connectivity index (χ0n) is 18.8. The van der Waals surface area contributed by atoms with Gasteiger partial charge in [-0.25, -0.2) is 14.1 Å². The van der Waals surface area contributed by atoms with E-state index in [1.54, 1.807) is 31.2 Å². The molecule has 0 bridgehead atoms. The van der Waals surface area contributed by atoms with Crippen molar-refractivity contribution in [2.75, 3.05) is 32.2 Å². The van der Waals surface area contributed by atoms with Gasteiger partial charge in [0, 0.05) is 39.6 Å². The van der Waals surface area contributed by atoms with Gasteiger partial charge in [-0.05, 0) is 24.6 Å². The van der Waals surface area contributed by atoms with Gasteiger partial charge in [-0.3, -0.25) is 4.79 Å². The maximum Gasteiger partial charge on any atom is 0.255 e. The summed E-state index contributed by atoms with van der Waals surface area (Å²) in [6, 6.07) is 9.80. The minimum Gasteiger partial charge on any atom is -0.379 e. The lowest BCUT2D eigenvalue weighted by atomic mass is 10.0. The van der Waals surface area contributed by atoms with Gasteiger partial charge in [0.05, 0.1) is 52.5 Å². The van der Waals surface area contributed by atoms with E-state index in [0.717, 1.165) is 18.8 Å². The molecule has 4 heterocycles. The number of hydrogen-bond acceptors (Lipinski definition) is 7. The average Bonchev–Trinajstić information content (AvgIpc) is 3.50. The molecule has 0 spiro atoms. The summed E-state index contributed by atoms with van der Waals surface area (Å²) in [5, 5.41) is 17.0. The van der Waals surface area contributed by atoms with Crippen molar-refractivity contribution in [2.24, 2.45) is 0 Å². The SMILES string of the molecule is CO[C@H]1CN(c2ccn(-c3cc(-c4c(F)cccc4C#N)nc4c3C(=O)NC4)n2)CC[C@H]1OC. The molecule has 9 nitrogen and oxygen atoms in total. The highest BCUT2D eigenvalue weighted by molar-refractivity contribution is 6.01. The van der Waals surface area contributed by atoms with Crippen LogP contribution in [0.5, 0.6) is 0 Å². The number of amides is 1. The molecule has 0 aliphatic carbocycles. The number of nitrogens with zero attached hydrogens (tertiary/aromatic N) is 5. The maximum atomic E-state index is 14.7. The van der Waals surface area contributed by atoms with Gasteiger partial charge in [-0.15, -0.1) is 0 Å². The number of piperidine rings is 1. The van der Waals surface area contributed by atoms with Crippen molar-refractivity contribution in [3.63, 3.8) is 0 Å². The zero-order valence-corrected chi connectivity index (χ0v) is 18.8. The first kappa shape index (κ1) is 22.0. The first-order valence-corrected chi connectivity index (χ1v) is 10.9. The quantitative estimate of drug-likeness (QED) is 0.621. The molecule has 174 valence electrons. The molecule has 0 unspecified atom stereocenters. The van der Waals surface area contributed by atoms with Crippen LogP contribution < -0.4 is 10.2 Å². The predicted octanol–water partition coefficient (Wildman–Crippen LogP) is 2.43. The van der Waals surface area contributed by atoms with Crippen LogP contribution in [-0.4, -0.2) is 60.2 Å². The number of halogens is 1. The van der Waals surface area contributed by atoms with E-state index >= 15 is 0 Å². The number of aromatic nitrogens is 3. The molecular formula is C24H23FN6O3. The number of rotatable bonds is 5. The third-order valence-electron chi connectivity index (χ3n) is 6.36. The predicted molar refractivity (Wildman–Crippen MR) is 121 cm³/mol. The summed E-state index contributed by atoms with van der Waals surface area (Å²) in [7, 11) is 3.35. The molecule has 2 atom stereocenters. The minimum absolute atomic E-state index is 0.0214. The molecule has 1 aromatic carbocycles. The second-order valence-electron chi connectivity index (χ2n) is 8.21. The Morgan fingerprint density at radius 2 is 2.03 bits per heavy atom. The standard InChI is InChI=1S/C24H23FN6O3/c1-33-19-6-8-30(13-20(19)34-2)21-7-9-31(29-21)18-10-16(28-17-12-27-24(32)23(17)18)22-14(11-26)4-3-5-15(22)25/h3-5,7,9-10,19-20H,6,8,12-13H2,1-2H3,(H,27,32)/t19-,20+/m1/s1. The van der Waals surface area contributed by atoms with Crippen LogP contribution in [0.3, 0.4) is 0 Å². The fourth-order valence-electron chi connectivity index (χ4n) is 4.61. The van der Waals surface area contributed by atoms with Gasteiger partial charge in [-0.1, -0.05) is 6.07 Å². The summed E-state index contributed by atoms with van der Waals surface area (Å²) >= 11 is 0. The summed E-state index contributed by atoms with van der Waals surface area (Å²) in [6.45, 7) is 1.59. The van der Waals surface area contributed by atoms with Crippen LogP contribution in [0.15, 0.2) is 36.5 Å². The fourth-order valence-corrected chi connectivity index (χ4v) is 4.61. The number of pyridine rings is 1. The summed E-state index contributed by atoms with van der Waals surface area (Å²) in [6.07, 6.45) is 2.49. The molecule has 1 saturated heterocycles. The molecular weight excluding hydrogens is 439 g/mol. The van der Waals surface area contributed by atoms with Crippen molar-refractivity contribution >= 4 is 11.7 Å². The number of anilines is 1. The van der Waals surface area contributed by atoms with E-state index in [2.05, 4.69) is 15.2 Å². The monoisotopic (exact) mass is 462 g/mol. The van der Waals surface area contributed by atoms with Gasteiger partial charge in [0.15, 0.2) is 5.82 Å². The van der Waals surface area contributed by atoms with Gasteiger partial charge in [0.1, 0.15) is 11.9 Å². The molecule has 2 aliphatic heterocycles. The second kappa shape index (κ2) is 8.85. The summed E-state index contributed by atoms with van der Waals surface area (Å²) in [4.78, 5) is 19.2. The van der Waals surface area contributed by atoms with Gasteiger partial charge in [0.2, 0.25) is 0 Å². The maximum absolute atomic E-state index is 14.7. The first-order valence-electron chi connectivity index (χ1n) is 10.9. The van der Waals surface area contributed by atoms with Crippen molar-refractivity contribution in [3.05, 3.63) is 59.2 Å². The van der Waals surface area contributed by atoms with E-state index in [9.17, 15) is 14.4 Å². The van der Waals surface area contributed by atoms with Crippen LogP contribution in [-0.2, 0) is 16.0 Å². The van der Waals surface area contributed by atoms with Crippen LogP contribution >= 0.6 is 0 Å². The molecule has 1 amide bonds. The number of ether oxygens (including phenoxy) is 2. The molecule has 2 aliphatic rings. The Kier molecular flexibility index (Phi) is 5.73. The molecule has 0 radical (unpaired) electrons. The van der Waals surface area contributed by atoms with E-state index in [4.69, 9.17) is 14.6 Å². The van der Waals surface area contributed by atoms with E-state index in [1.807, 2.05) is 12.1 Å². The second-order valence-corrected chi connectivity index (χ2v) is 8.21. The normalized spacial score (nSPS) is 19.6. The van der Waals surface area contributed by atoms with E-state index in [1.165, 1.54) is 18.2 Å². The third kappa shape index (κ3) is 3.69. The number of carbonyl (C=O) groups excluding carboxylic acids is 1. The van der Waals surface area contributed by atoms with Crippen molar-refractivity contribution in [1.82, 2.24) is 20.1 Å². The number of methoxy groups -OCH3 is 2. The van der Waals surface area contributed by atoms with Crippen LogP contribution in [0.2, 0.25) is 0 Å². The van der Waals surface area contributed by atoms with E-state index < -0.39 is 5.82 Å². The van der Waals surface area contributed by atoms with Gasteiger partial charge in [-0.2, -0.15) is 10.4 Å². The molecule has 10 heteroatoms. The summed E-state index contributed by atoms with van der Waals surface area (Å²) in [5.41, 5.74) is 1.90. The van der Waals surface area contributed by atoms with E-state index in [-0.39, 0.29) is 41.5 Å². The molecule has 5 rings (SSSR count). The number of benzene rings is 1. The number of carbonyl (C=O) groups is 1. The van der Waals surface area contributed by atoms with Crippen molar-refractivity contribution < 1.29 is 18.7 Å². The van der Waals surface area contributed by atoms with Crippen molar-refractivity contribution in [3.8, 4) is 23.0 Å². The number of fused-ring (bicyclic) bond motifs is 1. The third-order valence-corrected chi connectivity index (χ3v) is 6.36. The Hall–Kier alpha value is -3.81. The highest BCUT2D eigenvalue weighted by Crippen LogP contribution is 2.32. The average molecular weight is 462 g/mol. The lowest BCUT2D eigenvalue weighted by Crippen LogP contribution is -2.48. The zero-order chi connectivity index (χ0) is 23.8. The molecule has 1 N–H and O–H groups in total. The molecule has 0 saturated carbocycles. The lowest BCUT2D eigenvalue weighted by Gasteiger charge is -2.37. The molecule has 2 aromatic heterocycles. The van der Waals surface area contributed by atoms with Crippen molar-refractivity contribution in [1.29, 1.82) is 5.26 Å². The minimum atomic E-state index is -0.553. The Morgan fingerprint density at radius 1 is 1.21 bits per heavy atom. The van der Waals surface area contributed by atoms with Crippen LogP contribution in [0.25, 0.3) is 16.9 Å². The smallest absolute Gasteiger partial charge is 0.255 e. The highest BCUT2D eigenvalue weighted by Gasteiger charge is 2.31. The topological polar surface area (TPSA) is 105 Å². The Balaban J connectivity index is 1.56. The number of nitrogens with one attached hydrogen (secondary N) is 1. The first-order chi connectivity index (χ1) is 16.5. The highest BCUT2D eigenvalue weighted by atomic mass is 19.1. The lowest BCUT2D eigenvalue weighted by molar-refractivity contribution is -0.0442. The largest absolute Gasteiger partial charge is 0.379 e. The number of hydrogen-bond donors (Lipinski definition) is 1. The molecule has 34 heavy (non-hydrogen) atoms. The van der Waals surface area contributed by atoms with Crippen LogP contribution in [0, 0.1) is 17.1 Å². The van der Waals surface area contributed by atoms with Gasteiger partial charge in [0.25, 0.3) is 5.91 Å². The van der Waals surface area contributed by atoms with Crippen LogP contribution in [0.1, 0.15) is 28.0 Å². The van der Waals surface area contributed by atoms with Gasteiger partial charge < -0.3 is 19.7 Å². The fraction of sp³-hybridized carbons (Fsp3) is 0.333. The summed E-state index contributed by atoms with van der Waals surface area (Å²) < 4.78 is 27.4. The van der Waals surface area contributed by atoms with E-state index in [0.29, 0.717) is 23.5 Å². The number of nitriles is 1. The Labute approximate surface area is 195 Å². The van der Waals surface area contributed by atoms with Crippen molar-refractivity contribution in [2.45, 2.75) is 25.2 Å². The van der Waals surface area contributed by atoms with Gasteiger partial charge >= 0.3 is 0 Å². The Morgan fingerprint density at radius 3 is 2.79 bits per heavy atom. The molecule has 1 fully saturated rings. The summed E-state index contributed by atoms with van der Waals surface area (Å²) in [5.74, 6) is -0.0938.